The molecular formula is C25H21N3O4S2. The van der Waals surface area contributed by atoms with Gasteiger partial charge >= 0.3 is 0 Å². The van der Waals surface area contributed by atoms with Crippen LogP contribution in [0.25, 0.3) is 20.9 Å². The van der Waals surface area contributed by atoms with Gasteiger partial charge in [0.05, 0.1) is 23.9 Å². The second-order valence-corrected chi connectivity index (χ2v) is 10.7. The van der Waals surface area contributed by atoms with Gasteiger partial charge in [-0.1, -0.05) is 12.1 Å². The summed E-state index contributed by atoms with van der Waals surface area (Å²) in [6, 6.07) is 18.0. The summed E-state index contributed by atoms with van der Waals surface area (Å²) in [4.78, 5) is 20.2. The van der Waals surface area contributed by atoms with E-state index in [9.17, 15) is 13.2 Å². The Morgan fingerprint density at radius 3 is 2.59 bits per heavy atom. The number of hydrogen-bond acceptors (Lipinski definition) is 6. The molecular weight excluding hydrogens is 470 g/mol. The summed E-state index contributed by atoms with van der Waals surface area (Å²) < 4.78 is 33.4. The Morgan fingerprint density at radius 2 is 1.79 bits per heavy atom. The van der Waals surface area contributed by atoms with E-state index in [0.717, 1.165) is 32.0 Å². The molecule has 0 aliphatic carbocycles. The Morgan fingerprint density at radius 1 is 1.00 bits per heavy atom. The minimum Gasteiger partial charge on any atom is -0.497 e. The van der Waals surface area contributed by atoms with Crippen molar-refractivity contribution >= 4 is 33.0 Å². The van der Waals surface area contributed by atoms with Gasteiger partial charge in [-0.25, -0.2) is 8.42 Å². The number of rotatable bonds is 6. The first-order valence-corrected chi connectivity index (χ1v) is 12.7. The number of thiophene rings is 1. The number of amides is 1. The number of aromatic nitrogens is 1. The Balaban J connectivity index is 1.40. The molecule has 1 aliphatic heterocycles. The number of carbonyl (C=O) groups excluding carboxylic acids is 1. The Hall–Kier alpha value is -3.69. The molecule has 0 atom stereocenters. The van der Waals surface area contributed by atoms with Crippen molar-refractivity contribution in [3.8, 4) is 26.6 Å². The van der Waals surface area contributed by atoms with Crippen molar-refractivity contribution in [1.82, 2.24) is 9.88 Å². The number of nitrogens with zero attached hydrogens (tertiary/aromatic N) is 2. The normalized spacial score (nSPS) is 13.1. The highest BCUT2D eigenvalue weighted by atomic mass is 32.2. The average Bonchev–Trinajstić information content (AvgIpc) is 3.44. The van der Waals surface area contributed by atoms with Crippen LogP contribution in [0.3, 0.4) is 0 Å². The smallest absolute Gasteiger partial charge is 0.262 e. The summed E-state index contributed by atoms with van der Waals surface area (Å²) in [6.07, 6.45) is 3.18. The summed E-state index contributed by atoms with van der Waals surface area (Å²) in [5, 5.41) is 0. The van der Waals surface area contributed by atoms with Gasteiger partial charge in [-0.15, -0.1) is 11.3 Å². The number of anilines is 1. The molecule has 34 heavy (non-hydrogen) atoms. The first-order valence-electron chi connectivity index (χ1n) is 10.4. The fraction of sp³-hybridized carbons (Fsp3) is 0.120. The standard InChI is InChI=1S/C25H21N3O4S2/c1-28-15-18-10-16(6-7-22(18)25(28)29)23-8-9-24(33-23)17-11-19(14-26-13-17)27-34(30,31)21-5-3-4-20(12-21)32-2/h3-14,27H,15H2,1-2H3. The van der Waals surface area contributed by atoms with Gasteiger partial charge in [-0.3, -0.25) is 14.5 Å². The summed E-state index contributed by atoms with van der Waals surface area (Å²) in [7, 11) is -0.508. The number of sulfonamides is 1. The van der Waals surface area contributed by atoms with Crippen molar-refractivity contribution in [2.45, 2.75) is 11.4 Å². The van der Waals surface area contributed by atoms with Crippen LogP contribution in [0.5, 0.6) is 5.75 Å². The van der Waals surface area contributed by atoms with Crippen molar-refractivity contribution in [3.05, 3.63) is 84.2 Å². The van der Waals surface area contributed by atoms with Gasteiger partial charge < -0.3 is 9.64 Å². The van der Waals surface area contributed by atoms with Crippen LogP contribution in [0.15, 0.2) is 78.0 Å². The van der Waals surface area contributed by atoms with Crippen LogP contribution >= 0.6 is 11.3 Å². The fourth-order valence-corrected chi connectivity index (χ4v) is 5.93. The predicted molar refractivity (Wildman–Crippen MR) is 133 cm³/mol. The highest BCUT2D eigenvalue weighted by Crippen LogP contribution is 2.37. The molecule has 7 nitrogen and oxygen atoms in total. The van der Waals surface area contributed by atoms with Crippen LogP contribution in [-0.4, -0.2) is 38.4 Å². The minimum absolute atomic E-state index is 0.0488. The molecule has 1 N–H and O–H groups in total. The van der Waals surface area contributed by atoms with Gasteiger partial charge in [0, 0.05) is 46.7 Å². The number of benzene rings is 2. The first kappa shape index (κ1) is 22.1. The van der Waals surface area contributed by atoms with Crippen molar-refractivity contribution in [2.75, 3.05) is 18.9 Å². The van der Waals surface area contributed by atoms with Crippen LogP contribution in [0.4, 0.5) is 5.69 Å². The van der Waals surface area contributed by atoms with Crippen molar-refractivity contribution in [3.63, 3.8) is 0 Å². The maximum Gasteiger partial charge on any atom is 0.262 e. The molecule has 0 radical (unpaired) electrons. The summed E-state index contributed by atoms with van der Waals surface area (Å²) in [5.41, 5.74) is 3.99. The lowest BCUT2D eigenvalue weighted by Crippen LogP contribution is -2.17. The van der Waals surface area contributed by atoms with E-state index >= 15 is 0 Å². The maximum absolute atomic E-state index is 12.8. The van der Waals surface area contributed by atoms with E-state index in [2.05, 4.69) is 15.8 Å². The quantitative estimate of drug-likeness (QED) is 0.416. The van der Waals surface area contributed by atoms with Gasteiger partial charge in [0.2, 0.25) is 0 Å². The van der Waals surface area contributed by atoms with E-state index in [0.29, 0.717) is 18.0 Å². The number of carbonyl (C=O) groups is 1. The SMILES string of the molecule is COc1cccc(S(=O)(=O)Nc2cncc(-c3ccc(-c4ccc5c(c4)CN(C)C5=O)s3)c2)c1. The van der Waals surface area contributed by atoms with Crippen LogP contribution in [0.1, 0.15) is 15.9 Å². The Kier molecular flexibility index (Phi) is 5.59. The van der Waals surface area contributed by atoms with E-state index < -0.39 is 10.0 Å². The molecule has 4 aromatic rings. The molecule has 172 valence electrons. The van der Waals surface area contributed by atoms with Gasteiger partial charge in [-0.2, -0.15) is 0 Å². The zero-order valence-corrected chi connectivity index (χ0v) is 20.1. The molecule has 5 rings (SSSR count). The zero-order valence-electron chi connectivity index (χ0n) is 18.5. The lowest BCUT2D eigenvalue weighted by atomic mass is 10.1. The molecule has 0 saturated carbocycles. The summed E-state index contributed by atoms with van der Waals surface area (Å²) in [6.45, 7) is 0.611. The molecule has 1 amide bonds. The number of fused-ring (bicyclic) bond motifs is 1. The number of ether oxygens (including phenoxy) is 1. The lowest BCUT2D eigenvalue weighted by Gasteiger charge is -2.10. The largest absolute Gasteiger partial charge is 0.497 e. The molecule has 0 saturated heterocycles. The van der Waals surface area contributed by atoms with E-state index in [-0.39, 0.29) is 10.8 Å². The monoisotopic (exact) mass is 491 g/mol. The second kappa shape index (κ2) is 8.58. The third-order valence-electron chi connectivity index (χ3n) is 5.61. The molecule has 0 bridgehead atoms. The van der Waals surface area contributed by atoms with Gasteiger partial charge in [0.25, 0.3) is 15.9 Å². The molecule has 0 spiro atoms. The van der Waals surface area contributed by atoms with Gasteiger partial charge in [-0.05, 0) is 53.6 Å². The molecule has 0 unspecified atom stereocenters. The molecule has 3 heterocycles. The maximum atomic E-state index is 12.8. The van der Waals surface area contributed by atoms with Crippen molar-refractivity contribution in [1.29, 1.82) is 0 Å². The molecule has 2 aromatic carbocycles. The average molecular weight is 492 g/mol. The Labute approximate surface area is 201 Å². The van der Waals surface area contributed by atoms with E-state index in [1.54, 1.807) is 47.7 Å². The summed E-state index contributed by atoms with van der Waals surface area (Å²) >= 11 is 1.58. The van der Waals surface area contributed by atoms with Gasteiger partial charge in [0.15, 0.2) is 0 Å². The van der Waals surface area contributed by atoms with Crippen LogP contribution in [-0.2, 0) is 16.6 Å². The van der Waals surface area contributed by atoms with E-state index in [1.807, 2.05) is 24.3 Å². The Bertz CT molecular complexity index is 1510. The highest BCUT2D eigenvalue weighted by Gasteiger charge is 2.24. The third-order valence-corrected chi connectivity index (χ3v) is 8.17. The molecule has 9 heteroatoms. The van der Waals surface area contributed by atoms with E-state index in [4.69, 9.17) is 4.74 Å². The lowest BCUT2D eigenvalue weighted by molar-refractivity contribution is 0.0816. The first-order chi connectivity index (χ1) is 16.3. The molecule has 0 fully saturated rings. The minimum atomic E-state index is -3.80. The summed E-state index contributed by atoms with van der Waals surface area (Å²) in [5.74, 6) is 0.510. The number of pyridine rings is 1. The van der Waals surface area contributed by atoms with E-state index in [1.165, 1.54) is 25.4 Å². The van der Waals surface area contributed by atoms with Crippen molar-refractivity contribution < 1.29 is 17.9 Å². The van der Waals surface area contributed by atoms with Crippen molar-refractivity contribution in [2.24, 2.45) is 0 Å². The fourth-order valence-electron chi connectivity index (χ4n) is 3.88. The number of hydrogen-bond donors (Lipinski definition) is 1. The van der Waals surface area contributed by atoms with Crippen LogP contribution in [0, 0.1) is 0 Å². The third kappa shape index (κ3) is 4.15. The second-order valence-electron chi connectivity index (χ2n) is 7.94. The predicted octanol–water partition coefficient (Wildman–Crippen LogP) is 4.87. The van der Waals surface area contributed by atoms with Crippen LogP contribution < -0.4 is 9.46 Å². The van der Waals surface area contributed by atoms with Crippen LogP contribution in [0.2, 0.25) is 0 Å². The highest BCUT2D eigenvalue weighted by molar-refractivity contribution is 7.92. The van der Waals surface area contributed by atoms with Gasteiger partial charge in [0.1, 0.15) is 5.75 Å². The molecule has 2 aromatic heterocycles. The number of methoxy groups -OCH3 is 1. The molecule has 1 aliphatic rings. The topological polar surface area (TPSA) is 88.6 Å². The number of nitrogens with one attached hydrogen (secondary N) is 1. The zero-order chi connectivity index (χ0) is 23.9.